The lowest BCUT2D eigenvalue weighted by atomic mass is 9.84. The van der Waals surface area contributed by atoms with Gasteiger partial charge in [0.05, 0.1) is 36.2 Å². The van der Waals surface area contributed by atoms with Crippen LogP contribution in [0, 0.1) is 16.7 Å². The van der Waals surface area contributed by atoms with Crippen LogP contribution in [0.3, 0.4) is 0 Å². The molecule has 6 atom stereocenters. The lowest BCUT2D eigenvalue weighted by Crippen LogP contribution is -2.62. The second kappa shape index (κ2) is 20.0. The van der Waals surface area contributed by atoms with Gasteiger partial charge in [0.2, 0.25) is 11.8 Å². The SMILES string of the molecule is CCn1c(-c2cccnc2[C@H](C)OC)c2c3cc(ccc31)-c1cc(cc(C(F)F)c1)C[C@H](NC(=O)C(C1CCCC1)N1CC[C@]3(CCN(C(=O)[C@H]4CN4)C3)C1)C(=O)N1CCC[C@H](N1)C(=O)OCC(C)(C)C2. The molecular formula is C55H70F2N8O6. The fourth-order valence-electron chi connectivity index (χ4n) is 12.6. The molecule has 5 fully saturated rings. The van der Waals surface area contributed by atoms with Crippen molar-refractivity contribution in [3.05, 3.63) is 77.1 Å². The van der Waals surface area contributed by atoms with E-state index in [-0.39, 0.29) is 60.4 Å². The number of alkyl halides is 2. The highest BCUT2D eigenvalue weighted by Gasteiger charge is 2.50. The van der Waals surface area contributed by atoms with Crippen molar-refractivity contribution in [3.8, 4) is 22.4 Å². The lowest BCUT2D eigenvalue weighted by molar-refractivity contribution is -0.155. The second-order valence-corrected chi connectivity index (χ2v) is 22.1. The van der Waals surface area contributed by atoms with E-state index in [1.807, 2.05) is 36.1 Å². The Morgan fingerprint density at radius 3 is 2.52 bits per heavy atom. The summed E-state index contributed by atoms with van der Waals surface area (Å²) in [6.07, 6.45) is 5.60. The van der Waals surface area contributed by atoms with Gasteiger partial charge in [0.15, 0.2) is 0 Å². The van der Waals surface area contributed by atoms with Crippen LogP contribution in [0.25, 0.3) is 33.3 Å². The Morgan fingerprint density at radius 1 is 0.986 bits per heavy atom. The molecule has 1 unspecified atom stereocenters. The summed E-state index contributed by atoms with van der Waals surface area (Å²) < 4.78 is 44.5. The summed E-state index contributed by atoms with van der Waals surface area (Å²) in [6.45, 7) is 12.7. The fourth-order valence-corrected chi connectivity index (χ4v) is 12.6. The van der Waals surface area contributed by atoms with Crippen molar-refractivity contribution in [1.29, 1.82) is 0 Å². The molecule has 380 valence electrons. The molecule has 1 aliphatic carbocycles. The van der Waals surface area contributed by atoms with Crippen LogP contribution in [-0.2, 0) is 48.0 Å². The van der Waals surface area contributed by atoms with Crippen molar-refractivity contribution in [2.24, 2.45) is 16.7 Å². The number of nitrogens with one attached hydrogen (secondary N) is 3. The Kier molecular flexibility index (Phi) is 13.9. The molecule has 3 amide bonds. The minimum atomic E-state index is -2.80. The van der Waals surface area contributed by atoms with Crippen molar-refractivity contribution < 1.29 is 37.4 Å². The number of pyridine rings is 1. The summed E-state index contributed by atoms with van der Waals surface area (Å²) in [5.41, 5.74) is 8.73. The van der Waals surface area contributed by atoms with Gasteiger partial charge in [-0.3, -0.25) is 34.1 Å². The number of cyclic esters (lactones) is 1. The van der Waals surface area contributed by atoms with Gasteiger partial charge in [0, 0.05) is 91.9 Å². The first-order valence-corrected chi connectivity index (χ1v) is 26.0. The predicted molar refractivity (Wildman–Crippen MR) is 266 cm³/mol. The summed E-state index contributed by atoms with van der Waals surface area (Å²) >= 11 is 0. The summed E-state index contributed by atoms with van der Waals surface area (Å²) in [6, 6.07) is 12.3. The van der Waals surface area contributed by atoms with Crippen LogP contribution in [0.15, 0.2) is 54.7 Å². The molecule has 5 aliphatic heterocycles. The van der Waals surface area contributed by atoms with E-state index in [9.17, 15) is 9.59 Å². The third-order valence-electron chi connectivity index (χ3n) is 16.4. The zero-order valence-electron chi connectivity index (χ0n) is 41.9. The Bertz CT molecular complexity index is 2680. The van der Waals surface area contributed by atoms with E-state index < -0.39 is 41.8 Å². The van der Waals surface area contributed by atoms with Crippen LogP contribution >= 0.6 is 0 Å². The molecule has 2 aromatic carbocycles. The van der Waals surface area contributed by atoms with Gasteiger partial charge in [-0.15, -0.1) is 0 Å². The quantitative estimate of drug-likeness (QED) is 0.110. The van der Waals surface area contributed by atoms with Gasteiger partial charge in [-0.2, -0.15) is 0 Å². The van der Waals surface area contributed by atoms with E-state index in [0.29, 0.717) is 63.1 Å². The van der Waals surface area contributed by atoms with E-state index in [0.717, 1.165) is 84.1 Å². The number of fused-ring (bicyclic) bond motifs is 6. The third kappa shape index (κ3) is 9.98. The first-order valence-electron chi connectivity index (χ1n) is 26.0. The number of likely N-dealkylation sites (tertiary alicyclic amines) is 2. The zero-order valence-corrected chi connectivity index (χ0v) is 41.9. The van der Waals surface area contributed by atoms with Crippen molar-refractivity contribution >= 4 is 34.6 Å². The Labute approximate surface area is 415 Å². The van der Waals surface area contributed by atoms with Crippen LogP contribution in [0.4, 0.5) is 8.78 Å². The maximum absolute atomic E-state index is 15.1. The monoisotopic (exact) mass is 977 g/mol. The number of nitrogens with zero attached hydrogens (tertiary/aromatic N) is 5. The van der Waals surface area contributed by atoms with Crippen molar-refractivity contribution in [2.45, 2.75) is 135 Å². The molecule has 0 radical (unpaired) electrons. The molecule has 14 nitrogen and oxygen atoms in total. The summed E-state index contributed by atoms with van der Waals surface area (Å²) in [7, 11) is 1.66. The maximum atomic E-state index is 15.1. The molecule has 4 aromatic rings. The summed E-state index contributed by atoms with van der Waals surface area (Å²) in [4.78, 5) is 66.4. The van der Waals surface area contributed by atoms with Crippen LogP contribution in [-0.4, -0.2) is 125 Å². The molecule has 2 aromatic heterocycles. The van der Waals surface area contributed by atoms with Gasteiger partial charge in [0.25, 0.3) is 12.3 Å². The van der Waals surface area contributed by atoms with Gasteiger partial charge in [-0.05, 0) is 124 Å². The van der Waals surface area contributed by atoms with Gasteiger partial charge in [-0.25, -0.2) is 14.2 Å². The highest BCUT2D eigenvalue weighted by molar-refractivity contribution is 5.96. The molecule has 1 spiro atoms. The maximum Gasteiger partial charge on any atom is 0.324 e. The number of carbonyl (C=O) groups excluding carboxylic acids is 4. The second-order valence-electron chi connectivity index (χ2n) is 22.1. The number of amides is 3. The number of carbonyl (C=O) groups is 4. The fraction of sp³-hybridized carbons (Fsp3) is 0.582. The van der Waals surface area contributed by atoms with Gasteiger partial charge in [-0.1, -0.05) is 44.9 Å². The van der Waals surface area contributed by atoms with Crippen molar-refractivity contribution in [1.82, 2.24) is 40.4 Å². The smallest absolute Gasteiger partial charge is 0.324 e. The van der Waals surface area contributed by atoms with E-state index >= 15 is 18.4 Å². The number of ether oxygens (including phenoxy) is 2. The number of methoxy groups -OCH3 is 1. The first kappa shape index (κ1) is 49.3. The minimum absolute atomic E-state index is 0.0570. The predicted octanol–water partition coefficient (Wildman–Crippen LogP) is 7.14. The molecular weight excluding hydrogens is 907 g/mol. The molecule has 3 N–H and O–H groups in total. The number of halogens is 2. The highest BCUT2D eigenvalue weighted by Crippen LogP contribution is 2.45. The molecule has 4 saturated heterocycles. The molecule has 7 heterocycles. The number of esters is 1. The Hall–Kier alpha value is -5.29. The highest BCUT2D eigenvalue weighted by atomic mass is 19.3. The van der Waals surface area contributed by atoms with Gasteiger partial charge >= 0.3 is 5.97 Å². The molecule has 10 rings (SSSR count). The minimum Gasteiger partial charge on any atom is -0.464 e. The van der Waals surface area contributed by atoms with Crippen LogP contribution < -0.4 is 16.1 Å². The number of benzene rings is 2. The van der Waals surface area contributed by atoms with E-state index in [1.165, 1.54) is 17.1 Å². The van der Waals surface area contributed by atoms with Crippen LogP contribution in [0.2, 0.25) is 0 Å². The molecule has 71 heavy (non-hydrogen) atoms. The number of hydrogen-bond donors (Lipinski definition) is 3. The average molecular weight is 977 g/mol. The number of rotatable bonds is 10. The Morgan fingerprint density at radius 2 is 1.77 bits per heavy atom. The lowest BCUT2D eigenvalue weighted by Gasteiger charge is -2.37. The van der Waals surface area contributed by atoms with E-state index in [2.05, 4.69) is 58.4 Å². The van der Waals surface area contributed by atoms with Gasteiger partial charge < -0.3 is 29.6 Å². The molecule has 6 aliphatic rings. The number of hydrazine groups is 1. The third-order valence-corrected chi connectivity index (χ3v) is 16.4. The van der Waals surface area contributed by atoms with E-state index in [4.69, 9.17) is 14.5 Å². The number of aryl methyl sites for hydroxylation is 1. The number of hydrogen-bond acceptors (Lipinski definition) is 10. The standard InChI is InChI=1S/C55H70F2N8O6/c1-6-64-45-16-15-36-27-40(45)41(48(64)39-13-9-19-58-46(39)33(2)70-5)28-54(3,4)32-71-53(69)42-14-10-20-65(61-42)52(68)43(25-34-23-37(36)26-38(24-34)49(56)57)60-50(66)47(35-11-7-8-12-35)62-21-17-55(30-62)18-22-63(31-55)51(67)44-29-59-44/h9,13,15-16,19,23-24,26-27,33,35,42-44,47,49,59,61H,6-8,10-12,14,17-18,20-22,25,28-32H2,1-5H3,(H,60,66)/t33-,42-,43-,44+,47?,55-/m0/s1. The average Bonchev–Trinajstić information content (AvgIpc) is 3.62. The Balaban J connectivity index is 1.04. The normalized spacial score (nSPS) is 26.0. The summed E-state index contributed by atoms with van der Waals surface area (Å²) in [5.74, 6) is -0.940. The molecule has 16 heteroatoms. The van der Waals surface area contributed by atoms with Crippen LogP contribution in [0.1, 0.15) is 114 Å². The van der Waals surface area contributed by atoms with Crippen molar-refractivity contribution in [2.75, 3.05) is 53.0 Å². The van der Waals surface area contributed by atoms with Crippen LogP contribution in [0.5, 0.6) is 0 Å². The van der Waals surface area contributed by atoms with Crippen molar-refractivity contribution in [3.63, 3.8) is 0 Å². The van der Waals surface area contributed by atoms with E-state index in [1.54, 1.807) is 13.3 Å². The molecule has 6 bridgehead atoms. The first-order chi connectivity index (χ1) is 34.1. The largest absolute Gasteiger partial charge is 0.464 e. The number of aromatic nitrogens is 2. The van der Waals surface area contributed by atoms with Gasteiger partial charge in [0.1, 0.15) is 12.1 Å². The molecule has 1 saturated carbocycles. The zero-order chi connectivity index (χ0) is 49.8. The summed E-state index contributed by atoms with van der Waals surface area (Å²) in [5, 5.41) is 8.72. The topological polar surface area (TPSA) is 160 Å².